The highest BCUT2D eigenvalue weighted by atomic mass is 32.1. The van der Waals surface area contributed by atoms with E-state index in [1.54, 1.807) is 12.1 Å². The molecule has 4 aromatic rings. The Morgan fingerprint density at radius 2 is 1.87 bits per heavy atom. The van der Waals surface area contributed by atoms with Crippen molar-refractivity contribution in [2.75, 3.05) is 11.1 Å². The van der Waals surface area contributed by atoms with E-state index in [1.807, 2.05) is 55.5 Å². The van der Waals surface area contributed by atoms with Crippen molar-refractivity contribution in [1.29, 1.82) is 0 Å². The summed E-state index contributed by atoms with van der Waals surface area (Å²) in [5.41, 5.74) is 6.72. The number of carboxylic acids is 1. The average Bonchev–Trinajstić information content (AvgIpc) is 3.69. The van der Waals surface area contributed by atoms with E-state index in [4.69, 9.17) is 4.98 Å². The molecule has 1 aliphatic rings. The van der Waals surface area contributed by atoms with E-state index < -0.39 is 5.97 Å². The van der Waals surface area contributed by atoms with Crippen LogP contribution in [0, 0.1) is 18.8 Å². The van der Waals surface area contributed by atoms with Crippen molar-refractivity contribution in [3.63, 3.8) is 0 Å². The number of rotatable bonds is 11. The normalized spacial score (nSPS) is 13.9. The Labute approximate surface area is 234 Å². The molecular weight excluding hydrogens is 506 g/mol. The van der Waals surface area contributed by atoms with Crippen LogP contribution in [0.1, 0.15) is 59.9 Å². The molecule has 1 heterocycles. The van der Waals surface area contributed by atoms with Gasteiger partial charge in [0.25, 0.3) is 0 Å². The van der Waals surface area contributed by atoms with Crippen LogP contribution in [-0.2, 0) is 17.8 Å². The topological polar surface area (TPSA) is 84.2 Å². The molecule has 0 saturated heterocycles. The Hall–Kier alpha value is -3.58. The fraction of sp³-hybridized carbons (Fsp3) is 0.344. The number of hydrogen-bond acceptors (Lipinski definition) is 4. The number of carbonyl (C=O) groups is 2. The van der Waals surface area contributed by atoms with E-state index in [9.17, 15) is 14.7 Å². The number of nitrogens with one attached hydrogen (secondary N) is 1. The van der Waals surface area contributed by atoms with Crippen molar-refractivity contribution < 1.29 is 14.7 Å². The van der Waals surface area contributed by atoms with Crippen LogP contribution in [0.15, 0.2) is 60.7 Å². The summed E-state index contributed by atoms with van der Waals surface area (Å²) in [6, 6.07) is 19.1. The lowest BCUT2D eigenvalue weighted by Crippen LogP contribution is -2.24. The minimum absolute atomic E-state index is 0.0349. The second kappa shape index (κ2) is 11.7. The van der Waals surface area contributed by atoms with Gasteiger partial charge >= 0.3 is 5.97 Å². The molecule has 1 amide bonds. The summed E-state index contributed by atoms with van der Waals surface area (Å²) < 4.78 is 2.24. The second-order valence-electron chi connectivity index (χ2n) is 10.6. The Bertz CT molecular complexity index is 1510. The van der Waals surface area contributed by atoms with Gasteiger partial charge in [0.1, 0.15) is 5.82 Å². The molecular formula is C32H35N3O3S. The fourth-order valence-corrected chi connectivity index (χ4v) is 5.58. The molecule has 6 nitrogen and oxygen atoms in total. The first kappa shape index (κ1) is 27.0. The number of aromatic nitrogens is 2. The first-order chi connectivity index (χ1) is 18.9. The summed E-state index contributed by atoms with van der Waals surface area (Å²) in [6.07, 6.45) is 5.16. The van der Waals surface area contributed by atoms with E-state index in [-0.39, 0.29) is 11.8 Å². The number of fused-ring (bicyclic) bond motifs is 1. The van der Waals surface area contributed by atoms with Crippen molar-refractivity contribution >= 4 is 41.2 Å². The van der Waals surface area contributed by atoms with Crippen molar-refractivity contribution in [2.45, 2.75) is 52.5 Å². The number of benzene rings is 3. The largest absolute Gasteiger partial charge is 0.478 e. The van der Waals surface area contributed by atoms with Crippen molar-refractivity contribution in [3.05, 3.63) is 83.2 Å². The molecule has 1 fully saturated rings. The molecule has 1 aliphatic carbocycles. The molecule has 5 rings (SSSR count). The summed E-state index contributed by atoms with van der Waals surface area (Å²) in [7, 11) is 0. The molecule has 3 aromatic carbocycles. The van der Waals surface area contributed by atoms with Gasteiger partial charge in [-0.1, -0.05) is 62.2 Å². The zero-order valence-corrected chi connectivity index (χ0v) is 23.4. The Morgan fingerprint density at radius 3 is 2.54 bits per heavy atom. The number of aromatic carboxylic acids is 1. The Morgan fingerprint density at radius 1 is 1.13 bits per heavy atom. The number of carbonyl (C=O) groups excluding carboxylic acids is 1. The minimum Gasteiger partial charge on any atom is -0.478 e. The van der Waals surface area contributed by atoms with Crippen LogP contribution in [-0.4, -0.2) is 32.3 Å². The van der Waals surface area contributed by atoms with Crippen LogP contribution >= 0.6 is 12.6 Å². The first-order valence-electron chi connectivity index (χ1n) is 13.7. The third-order valence-corrected chi connectivity index (χ3v) is 7.97. The lowest BCUT2D eigenvalue weighted by Gasteiger charge is -2.15. The lowest BCUT2D eigenvalue weighted by molar-refractivity contribution is -0.119. The van der Waals surface area contributed by atoms with Gasteiger partial charge in [-0.2, -0.15) is 12.6 Å². The van der Waals surface area contributed by atoms with Gasteiger partial charge in [-0.15, -0.1) is 0 Å². The van der Waals surface area contributed by atoms with Crippen LogP contribution in [0.25, 0.3) is 22.2 Å². The van der Waals surface area contributed by atoms with E-state index in [0.29, 0.717) is 29.3 Å². The maximum atomic E-state index is 13.0. The molecule has 202 valence electrons. The van der Waals surface area contributed by atoms with E-state index in [1.165, 1.54) is 12.8 Å². The van der Waals surface area contributed by atoms with E-state index in [0.717, 1.165) is 58.5 Å². The molecule has 0 unspecified atom stereocenters. The number of anilines is 1. The molecule has 39 heavy (non-hydrogen) atoms. The van der Waals surface area contributed by atoms with Crippen LogP contribution in [0.5, 0.6) is 0 Å². The monoisotopic (exact) mass is 541 g/mol. The van der Waals surface area contributed by atoms with Gasteiger partial charge in [0, 0.05) is 30.3 Å². The molecule has 1 aromatic heterocycles. The van der Waals surface area contributed by atoms with E-state index in [2.05, 4.69) is 29.4 Å². The van der Waals surface area contributed by atoms with Gasteiger partial charge in [-0.3, -0.25) is 4.79 Å². The molecule has 0 radical (unpaired) electrons. The van der Waals surface area contributed by atoms with Crippen LogP contribution < -0.4 is 5.32 Å². The molecule has 0 bridgehead atoms. The predicted octanol–water partition coefficient (Wildman–Crippen LogP) is 7.00. The molecule has 2 N–H and O–H groups in total. The summed E-state index contributed by atoms with van der Waals surface area (Å²) in [5, 5.41) is 12.7. The Balaban J connectivity index is 1.44. The summed E-state index contributed by atoms with van der Waals surface area (Å²) >= 11 is 4.44. The highest BCUT2D eigenvalue weighted by Gasteiger charge is 2.28. The van der Waals surface area contributed by atoms with Gasteiger partial charge < -0.3 is 15.0 Å². The zero-order chi connectivity index (χ0) is 27.5. The predicted molar refractivity (Wildman–Crippen MR) is 160 cm³/mol. The van der Waals surface area contributed by atoms with Gasteiger partial charge in [-0.25, -0.2) is 9.78 Å². The smallest absolute Gasteiger partial charge is 0.336 e. The van der Waals surface area contributed by atoms with Crippen molar-refractivity contribution in [3.8, 4) is 11.1 Å². The maximum Gasteiger partial charge on any atom is 0.336 e. The quantitative estimate of drug-likeness (QED) is 0.179. The third kappa shape index (κ3) is 6.04. The molecule has 1 saturated carbocycles. The Kier molecular flexibility index (Phi) is 8.07. The summed E-state index contributed by atoms with van der Waals surface area (Å²) in [6.45, 7) is 4.82. The van der Waals surface area contributed by atoms with Crippen LogP contribution in [0.4, 0.5) is 5.69 Å². The maximum absolute atomic E-state index is 13.0. The van der Waals surface area contributed by atoms with Crippen molar-refractivity contribution in [1.82, 2.24) is 9.55 Å². The molecule has 7 heteroatoms. The number of aryl methyl sites for hydroxylation is 2. The van der Waals surface area contributed by atoms with Gasteiger partial charge in [0.2, 0.25) is 5.91 Å². The van der Waals surface area contributed by atoms with Crippen LogP contribution in [0.2, 0.25) is 0 Å². The average molecular weight is 542 g/mol. The summed E-state index contributed by atoms with van der Waals surface area (Å²) in [4.78, 5) is 29.7. The van der Waals surface area contributed by atoms with Crippen molar-refractivity contribution in [2.24, 2.45) is 11.8 Å². The second-order valence-corrected chi connectivity index (χ2v) is 11.0. The number of imidazole rings is 1. The lowest BCUT2D eigenvalue weighted by atomic mass is 9.99. The van der Waals surface area contributed by atoms with Gasteiger partial charge in [0.05, 0.1) is 16.6 Å². The minimum atomic E-state index is -0.935. The SMILES string of the molecule is CCCc1nc2c(C)cc(NC(=O)[C@H](CS)CC3CC3)cc2n1Cc1ccc(-c2ccccc2C(=O)O)cc1. The highest BCUT2D eigenvalue weighted by molar-refractivity contribution is 7.80. The third-order valence-electron chi connectivity index (χ3n) is 7.53. The molecule has 0 spiro atoms. The number of carboxylic acid groups (broad SMARTS) is 1. The van der Waals surface area contributed by atoms with E-state index >= 15 is 0 Å². The number of nitrogens with zero attached hydrogens (tertiary/aromatic N) is 2. The zero-order valence-electron chi connectivity index (χ0n) is 22.5. The first-order valence-corrected chi connectivity index (χ1v) is 14.3. The molecule has 0 aliphatic heterocycles. The number of amides is 1. The van der Waals surface area contributed by atoms with Gasteiger partial charge in [-0.05, 0) is 66.1 Å². The molecule has 1 atom stereocenters. The highest BCUT2D eigenvalue weighted by Crippen LogP contribution is 2.36. The van der Waals surface area contributed by atoms with Crippen LogP contribution in [0.3, 0.4) is 0 Å². The van der Waals surface area contributed by atoms with Gasteiger partial charge in [0.15, 0.2) is 0 Å². The summed E-state index contributed by atoms with van der Waals surface area (Å²) in [5.74, 6) is 1.25. The number of thiol groups is 1. The number of hydrogen-bond donors (Lipinski definition) is 3. The fourth-order valence-electron chi connectivity index (χ4n) is 5.26. The standard InChI is InChI=1S/C32H35N3O3S/c1-3-6-29-34-30-20(2)15-25(33-31(36)24(19-39)16-21-9-10-21)17-28(30)35(29)18-22-11-13-23(14-12-22)26-7-4-5-8-27(26)32(37)38/h4-5,7-8,11-15,17,21,24,39H,3,6,9-10,16,18-19H2,1-2H3,(H,33,36)(H,37,38)/t24-/m0/s1.